The number of carbonyl (C=O) groups is 2. The number of anilines is 2. The van der Waals surface area contributed by atoms with E-state index in [-0.39, 0.29) is 17.9 Å². The second-order valence-electron chi connectivity index (χ2n) is 7.38. The van der Waals surface area contributed by atoms with Gasteiger partial charge in [-0.3, -0.25) is 9.59 Å². The lowest BCUT2D eigenvalue weighted by Gasteiger charge is -2.28. The molecule has 148 valence electrons. The molecule has 2 N–H and O–H groups in total. The maximum Gasteiger partial charge on any atom is 0.255 e. The smallest absolute Gasteiger partial charge is 0.255 e. The summed E-state index contributed by atoms with van der Waals surface area (Å²) in [7, 11) is 0. The molecule has 1 heterocycles. The van der Waals surface area contributed by atoms with E-state index in [1.54, 1.807) is 18.2 Å². The lowest BCUT2D eigenvalue weighted by Crippen LogP contribution is -2.32. The number of piperidine rings is 1. The van der Waals surface area contributed by atoms with Crippen molar-refractivity contribution >= 4 is 23.2 Å². The number of para-hydroxylation sites is 1. The largest absolute Gasteiger partial charge is 0.372 e. The molecule has 2 amide bonds. The molecule has 1 aliphatic heterocycles. The highest BCUT2D eigenvalue weighted by Crippen LogP contribution is 2.21. The van der Waals surface area contributed by atoms with Crippen molar-refractivity contribution in [2.45, 2.75) is 45.6 Å². The molecule has 0 bridgehead atoms. The second kappa shape index (κ2) is 9.40. The summed E-state index contributed by atoms with van der Waals surface area (Å²) in [5.74, 6) is -0.389. The summed E-state index contributed by atoms with van der Waals surface area (Å²) in [6.07, 6.45) is 4.58. The van der Waals surface area contributed by atoms with Crippen LogP contribution in [0.25, 0.3) is 0 Å². The minimum Gasteiger partial charge on any atom is -0.372 e. The molecule has 28 heavy (non-hydrogen) atoms. The number of amides is 2. The summed E-state index contributed by atoms with van der Waals surface area (Å²) in [4.78, 5) is 27.6. The van der Waals surface area contributed by atoms with E-state index in [1.807, 2.05) is 44.2 Å². The van der Waals surface area contributed by atoms with Gasteiger partial charge in [-0.2, -0.15) is 0 Å². The van der Waals surface area contributed by atoms with Gasteiger partial charge in [0.05, 0.1) is 11.3 Å². The van der Waals surface area contributed by atoms with Crippen LogP contribution >= 0.6 is 0 Å². The Morgan fingerprint density at radius 1 is 0.964 bits per heavy atom. The lowest BCUT2D eigenvalue weighted by molar-refractivity contribution is 0.0940. The Balaban J connectivity index is 1.70. The molecule has 0 aliphatic carbocycles. The number of carbonyl (C=O) groups excluding carboxylic acids is 2. The molecule has 0 aromatic heterocycles. The van der Waals surface area contributed by atoms with Crippen molar-refractivity contribution in [2.75, 3.05) is 23.3 Å². The van der Waals surface area contributed by atoms with Gasteiger partial charge in [-0.05, 0) is 69.0 Å². The van der Waals surface area contributed by atoms with Crippen LogP contribution in [-0.4, -0.2) is 30.9 Å². The fourth-order valence-corrected chi connectivity index (χ4v) is 3.36. The van der Waals surface area contributed by atoms with Crippen LogP contribution in [0.4, 0.5) is 11.4 Å². The molecular weight excluding hydrogens is 350 g/mol. The van der Waals surface area contributed by atoms with Gasteiger partial charge in [0.25, 0.3) is 11.8 Å². The predicted molar refractivity (Wildman–Crippen MR) is 114 cm³/mol. The number of rotatable bonds is 6. The van der Waals surface area contributed by atoms with E-state index in [1.165, 1.54) is 19.3 Å². The number of benzene rings is 2. The first kappa shape index (κ1) is 19.9. The van der Waals surface area contributed by atoms with Crippen molar-refractivity contribution in [3.63, 3.8) is 0 Å². The summed E-state index contributed by atoms with van der Waals surface area (Å²) in [5.41, 5.74) is 2.73. The zero-order chi connectivity index (χ0) is 19.9. The molecule has 5 nitrogen and oxygen atoms in total. The third-order valence-electron chi connectivity index (χ3n) is 5.26. The number of hydrogen-bond acceptors (Lipinski definition) is 3. The third kappa shape index (κ3) is 4.91. The molecule has 5 heteroatoms. The Bertz CT molecular complexity index is 811. The maximum atomic E-state index is 12.7. The van der Waals surface area contributed by atoms with E-state index in [2.05, 4.69) is 15.5 Å². The molecule has 0 radical (unpaired) electrons. The zero-order valence-electron chi connectivity index (χ0n) is 16.7. The summed E-state index contributed by atoms with van der Waals surface area (Å²) >= 11 is 0. The maximum absolute atomic E-state index is 12.7. The van der Waals surface area contributed by atoms with Crippen molar-refractivity contribution in [3.8, 4) is 0 Å². The average molecular weight is 380 g/mol. The van der Waals surface area contributed by atoms with E-state index < -0.39 is 0 Å². The first-order valence-electron chi connectivity index (χ1n) is 10.1. The topological polar surface area (TPSA) is 61.4 Å². The van der Waals surface area contributed by atoms with Crippen LogP contribution in [0.1, 0.15) is 60.2 Å². The first-order chi connectivity index (χ1) is 13.6. The molecule has 3 rings (SSSR count). The molecule has 1 atom stereocenters. The molecule has 2 aromatic carbocycles. The molecule has 2 aromatic rings. The minimum absolute atomic E-state index is 0.0820. The molecule has 0 saturated carbocycles. The Morgan fingerprint density at radius 3 is 2.32 bits per heavy atom. The van der Waals surface area contributed by atoms with Gasteiger partial charge in [0, 0.05) is 30.4 Å². The van der Waals surface area contributed by atoms with Gasteiger partial charge in [-0.1, -0.05) is 19.1 Å². The summed E-state index contributed by atoms with van der Waals surface area (Å²) < 4.78 is 0. The standard InChI is InChI=1S/C23H29N3O2/c1-3-17(2)24-23(28)20-9-5-6-10-21(20)25-22(27)18-11-13-19(14-12-18)26-15-7-4-8-16-26/h5-6,9-14,17H,3-4,7-8,15-16H2,1-2H3,(H,24,28)(H,25,27)/t17-/m0/s1. The zero-order valence-corrected chi connectivity index (χ0v) is 16.7. The van der Waals surface area contributed by atoms with Crippen molar-refractivity contribution in [3.05, 3.63) is 59.7 Å². The fourth-order valence-electron chi connectivity index (χ4n) is 3.36. The fraction of sp³-hybridized carbons (Fsp3) is 0.391. The highest BCUT2D eigenvalue weighted by molar-refractivity contribution is 6.09. The second-order valence-corrected chi connectivity index (χ2v) is 7.38. The van der Waals surface area contributed by atoms with Crippen LogP contribution in [0.3, 0.4) is 0 Å². The van der Waals surface area contributed by atoms with Gasteiger partial charge >= 0.3 is 0 Å². The van der Waals surface area contributed by atoms with Crippen LogP contribution in [-0.2, 0) is 0 Å². The van der Waals surface area contributed by atoms with Gasteiger partial charge in [0.2, 0.25) is 0 Å². The van der Waals surface area contributed by atoms with E-state index in [4.69, 9.17) is 0 Å². The average Bonchev–Trinajstić information content (AvgIpc) is 2.74. The van der Waals surface area contributed by atoms with Gasteiger partial charge in [-0.15, -0.1) is 0 Å². The van der Waals surface area contributed by atoms with E-state index in [0.29, 0.717) is 16.8 Å². The Morgan fingerprint density at radius 2 is 1.64 bits per heavy atom. The van der Waals surface area contributed by atoms with Crippen molar-refractivity contribution in [1.29, 1.82) is 0 Å². The Hall–Kier alpha value is -2.82. The van der Waals surface area contributed by atoms with Crippen LogP contribution in [0.5, 0.6) is 0 Å². The lowest BCUT2D eigenvalue weighted by atomic mass is 10.1. The highest BCUT2D eigenvalue weighted by Gasteiger charge is 2.16. The van der Waals surface area contributed by atoms with Crippen LogP contribution in [0.15, 0.2) is 48.5 Å². The molecule has 0 unspecified atom stereocenters. The molecule has 0 spiro atoms. The molecule has 1 aliphatic rings. The quantitative estimate of drug-likeness (QED) is 0.779. The van der Waals surface area contributed by atoms with E-state index in [9.17, 15) is 9.59 Å². The molecule has 1 fully saturated rings. The highest BCUT2D eigenvalue weighted by atomic mass is 16.2. The number of nitrogens with zero attached hydrogens (tertiary/aromatic N) is 1. The molecule has 1 saturated heterocycles. The minimum atomic E-state index is -0.214. The van der Waals surface area contributed by atoms with Gasteiger partial charge < -0.3 is 15.5 Å². The summed E-state index contributed by atoms with van der Waals surface area (Å²) in [5, 5.41) is 5.83. The summed E-state index contributed by atoms with van der Waals surface area (Å²) in [6.45, 7) is 6.13. The van der Waals surface area contributed by atoms with Crippen molar-refractivity contribution in [2.24, 2.45) is 0 Å². The Labute approximate surface area is 167 Å². The Kier molecular flexibility index (Phi) is 6.69. The molecular formula is C23H29N3O2. The van der Waals surface area contributed by atoms with E-state index >= 15 is 0 Å². The van der Waals surface area contributed by atoms with Crippen molar-refractivity contribution < 1.29 is 9.59 Å². The van der Waals surface area contributed by atoms with Crippen LogP contribution in [0.2, 0.25) is 0 Å². The normalized spacial score (nSPS) is 15.0. The van der Waals surface area contributed by atoms with Gasteiger partial charge in [-0.25, -0.2) is 0 Å². The summed E-state index contributed by atoms with van der Waals surface area (Å²) in [6, 6.07) is 14.9. The number of hydrogen-bond donors (Lipinski definition) is 2. The monoisotopic (exact) mass is 379 g/mol. The SMILES string of the molecule is CC[C@H](C)NC(=O)c1ccccc1NC(=O)c1ccc(N2CCCCC2)cc1. The third-order valence-corrected chi connectivity index (χ3v) is 5.26. The van der Waals surface area contributed by atoms with E-state index in [0.717, 1.165) is 25.2 Å². The first-order valence-corrected chi connectivity index (χ1v) is 10.1. The number of nitrogens with one attached hydrogen (secondary N) is 2. The predicted octanol–water partition coefficient (Wildman–Crippen LogP) is 4.46. The van der Waals surface area contributed by atoms with Crippen LogP contribution < -0.4 is 15.5 Å². The van der Waals surface area contributed by atoms with Crippen molar-refractivity contribution in [1.82, 2.24) is 5.32 Å². The van der Waals surface area contributed by atoms with Gasteiger partial charge in [0.15, 0.2) is 0 Å². The van der Waals surface area contributed by atoms with Crippen LogP contribution in [0, 0.1) is 0 Å². The van der Waals surface area contributed by atoms with Gasteiger partial charge in [0.1, 0.15) is 0 Å².